The molecule has 8 nitrogen and oxygen atoms in total. The van der Waals surface area contributed by atoms with E-state index >= 15 is 0 Å². The topological polar surface area (TPSA) is 95.0 Å². The molecule has 2 heterocycles. The van der Waals surface area contributed by atoms with Crippen LogP contribution in [-0.2, 0) is 11.3 Å². The lowest BCUT2D eigenvalue weighted by Crippen LogP contribution is -2.30. The van der Waals surface area contributed by atoms with Gasteiger partial charge in [0.2, 0.25) is 5.91 Å². The zero-order valence-corrected chi connectivity index (χ0v) is 13.6. The summed E-state index contributed by atoms with van der Waals surface area (Å²) in [7, 11) is 0. The number of benzene rings is 1. The summed E-state index contributed by atoms with van der Waals surface area (Å²) in [5, 5.41) is 17.4. The summed E-state index contributed by atoms with van der Waals surface area (Å²) in [5.41, 5.74) is 1.86. The van der Waals surface area contributed by atoms with Crippen LogP contribution >= 0.6 is 0 Å². The molecule has 0 fully saturated rings. The third kappa shape index (κ3) is 3.74. The molecule has 0 aliphatic heterocycles. The highest BCUT2D eigenvalue weighted by Gasteiger charge is 2.18. The Morgan fingerprint density at radius 1 is 1.28 bits per heavy atom. The summed E-state index contributed by atoms with van der Waals surface area (Å²) in [6.45, 7) is 2.01. The first-order valence-corrected chi connectivity index (χ1v) is 7.73. The van der Waals surface area contributed by atoms with E-state index in [-0.39, 0.29) is 11.6 Å². The van der Waals surface area contributed by atoms with Gasteiger partial charge in [0.25, 0.3) is 0 Å². The van der Waals surface area contributed by atoms with Crippen molar-refractivity contribution < 1.29 is 9.72 Å². The first kappa shape index (κ1) is 16.4. The Balaban J connectivity index is 1.58. The van der Waals surface area contributed by atoms with Crippen molar-refractivity contribution in [3.8, 4) is 5.69 Å². The standard InChI is InChI=1S/C17H17N5O3/c1-13(21-12-16(11-19-21)22(24)25)17(23)18-10-14-4-6-15(7-5-14)20-8-2-3-9-20/h2-9,11-13H,10H2,1H3,(H,18,23)/t13-/m0/s1. The second-order valence-corrected chi connectivity index (χ2v) is 5.59. The van der Waals surface area contributed by atoms with Gasteiger partial charge in [-0.2, -0.15) is 5.10 Å². The Kier molecular flexibility index (Phi) is 4.60. The number of hydrogen-bond donors (Lipinski definition) is 1. The van der Waals surface area contributed by atoms with Crippen LogP contribution in [0.25, 0.3) is 5.69 Å². The largest absolute Gasteiger partial charge is 0.350 e. The zero-order chi connectivity index (χ0) is 17.8. The summed E-state index contributed by atoms with van der Waals surface area (Å²) in [6.07, 6.45) is 6.29. The van der Waals surface area contributed by atoms with Crippen molar-refractivity contribution in [2.75, 3.05) is 0 Å². The van der Waals surface area contributed by atoms with Gasteiger partial charge in [-0.15, -0.1) is 0 Å². The van der Waals surface area contributed by atoms with E-state index in [1.165, 1.54) is 10.9 Å². The van der Waals surface area contributed by atoms with Gasteiger partial charge in [0, 0.05) is 24.6 Å². The molecular formula is C17H17N5O3. The number of amides is 1. The summed E-state index contributed by atoms with van der Waals surface area (Å²) >= 11 is 0. The molecule has 8 heteroatoms. The summed E-state index contributed by atoms with van der Waals surface area (Å²) in [4.78, 5) is 22.3. The zero-order valence-electron chi connectivity index (χ0n) is 13.6. The molecule has 0 aliphatic carbocycles. The van der Waals surface area contributed by atoms with E-state index in [4.69, 9.17) is 0 Å². The highest BCUT2D eigenvalue weighted by molar-refractivity contribution is 5.79. The molecule has 2 aromatic heterocycles. The minimum Gasteiger partial charge on any atom is -0.350 e. The molecule has 0 bridgehead atoms. The van der Waals surface area contributed by atoms with Crippen LogP contribution in [-0.4, -0.2) is 25.2 Å². The van der Waals surface area contributed by atoms with E-state index in [1.54, 1.807) is 6.92 Å². The van der Waals surface area contributed by atoms with Gasteiger partial charge in [0.15, 0.2) is 0 Å². The Morgan fingerprint density at radius 2 is 1.96 bits per heavy atom. The second kappa shape index (κ2) is 7.00. The number of nitro groups is 1. The van der Waals surface area contributed by atoms with Gasteiger partial charge in [-0.05, 0) is 36.8 Å². The Bertz CT molecular complexity index is 868. The van der Waals surface area contributed by atoms with Gasteiger partial charge in [-0.25, -0.2) is 0 Å². The van der Waals surface area contributed by atoms with Gasteiger partial charge in [-0.1, -0.05) is 12.1 Å². The predicted molar refractivity (Wildman–Crippen MR) is 91.2 cm³/mol. The molecule has 1 atom stereocenters. The summed E-state index contributed by atoms with van der Waals surface area (Å²) in [6, 6.07) is 11.1. The molecule has 0 saturated carbocycles. The fourth-order valence-electron chi connectivity index (χ4n) is 2.38. The first-order valence-electron chi connectivity index (χ1n) is 7.73. The maximum atomic E-state index is 12.2. The molecule has 128 valence electrons. The van der Waals surface area contributed by atoms with Crippen LogP contribution in [0.15, 0.2) is 61.2 Å². The predicted octanol–water partition coefficient (Wildman–Crippen LogP) is 2.46. The lowest BCUT2D eigenvalue weighted by Gasteiger charge is -2.12. The Morgan fingerprint density at radius 3 is 2.56 bits per heavy atom. The molecule has 1 N–H and O–H groups in total. The van der Waals surface area contributed by atoms with Crippen LogP contribution in [0.2, 0.25) is 0 Å². The normalized spacial score (nSPS) is 11.9. The summed E-state index contributed by atoms with van der Waals surface area (Å²) in [5.74, 6) is -0.257. The number of nitrogens with one attached hydrogen (secondary N) is 1. The molecule has 25 heavy (non-hydrogen) atoms. The lowest BCUT2D eigenvalue weighted by molar-refractivity contribution is -0.385. The van der Waals surface area contributed by atoms with Crippen LogP contribution in [0.3, 0.4) is 0 Å². The number of aromatic nitrogens is 3. The van der Waals surface area contributed by atoms with E-state index in [9.17, 15) is 14.9 Å². The number of carbonyl (C=O) groups excluding carboxylic acids is 1. The van der Waals surface area contributed by atoms with Gasteiger partial charge < -0.3 is 9.88 Å². The smallest absolute Gasteiger partial charge is 0.307 e. The highest BCUT2D eigenvalue weighted by Crippen LogP contribution is 2.13. The Hall–Kier alpha value is -3.42. The van der Waals surface area contributed by atoms with Crippen LogP contribution in [0.1, 0.15) is 18.5 Å². The number of hydrogen-bond acceptors (Lipinski definition) is 4. The third-order valence-corrected chi connectivity index (χ3v) is 3.88. The second-order valence-electron chi connectivity index (χ2n) is 5.59. The van der Waals surface area contributed by atoms with E-state index in [0.717, 1.165) is 17.4 Å². The lowest BCUT2D eigenvalue weighted by atomic mass is 10.2. The third-order valence-electron chi connectivity index (χ3n) is 3.88. The van der Waals surface area contributed by atoms with Gasteiger partial charge in [-0.3, -0.25) is 19.6 Å². The molecule has 0 radical (unpaired) electrons. The minimum atomic E-state index is -0.632. The number of nitrogens with zero attached hydrogens (tertiary/aromatic N) is 4. The maximum Gasteiger partial charge on any atom is 0.307 e. The molecule has 3 rings (SSSR count). The molecule has 1 aromatic carbocycles. The average molecular weight is 339 g/mol. The molecule has 3 aromatic rings. The minimum absolute atomic E-state index is 0.139. The fourth-order valence-corrected chi connectivity index (χ4v) is 2.38. The SMILES string of the molecule is C[C@@H](C(=O)NCc1ccc(-n2cccc2)cc1)n1cc([N+](=O)[O-])cn1. The van der Waals surface area contributed by atoms with Crippen molar-refractivity contribution in [3.63, 3.8) is 0 Å². The van der Waals surface area contributed by atoms with Crippen molar-refractivity contribution in [1.82, 2.24) is 19.7 Å². The molecule has 0 unspecified atom stereocenters. The van der Waals surface area contributed by atoms with Crippen LogP contribution < -0.4 is 5.32 Å². The van der Waals surface area contributed by atoms with Gasteiger partial charge in [0.1, 0.15) is 18.4 Å². The van der Waals surface area contributed by atoms with E-state index in [1.807, 2.05) is 53.4 Å². The van der Waals surface area contributed by atoms with Crippen LogP contribution in [0.4, 0.5) is 5.69 Å². The molecular weight excluding hydrogens is 322 g/mol. The number of carbonyl (C=O) groups is 1. The Labute approximate surface area is 143 Å². The van der Waals surface area contributed by atoms with Gasteiger partial charge in [0.05, 0.1) is 4.92 Å². The number of rotatable bonds is 6. The van der Waals surface area contributed by atoms with Crippen molar-refractivity contribution in [1.29, 1.82) is 0 Å². The van der Waals surface area contributed by atoms with Gasteiger partial charge >= 0.3 is 5.69 Å². The summed E-state index contributed by atoms with van der Waals surface area (Å²) < 4.78 is 3.28. The van der Waals surface area contributed by atoms with Crippen molar-refractivity contribution in [3.05, 3.63) is 76.9 Å². The quantitative estimate of drug-likeness (QED) is 0.551. The first-order chi connectivity index (χ1) is 12.0. The monoisotopic (exact) mass is 339 g/mol. The molecule has 1 amide bonds. The average Bonchev–Trinajstić information content (AvgIpc) is 3.31. The van der Waals surface area contributed by atoms with E-state index in [2.05, 4.69) is 10.4 Å². The molecule has 0 spiro atoms. The van der Waals surface area contributed by atoms with E-state index in [0.29, 0.717) is 6.54 Å². The van der Waals surface area contributed by atoms with Crippen molar-refractivity contribution >= 4 is 11.6 Å². The fraction of sp³-hybridized carbons (Fsp3) is 0.176. The van der Waals surface area contributed by atoms with Crippen LogP contribution in [0, 0.1) is 10.1 Å². The maximum absolute atomic E-state index is 12.2. The van der Waals surface area contributed by atoms with E-state index < -0.39 is 11.0 Å². The molecule has 0 saturated heterocycles. The van der Waals surface area contributed by atoms with Crippen molar-refractivity contribution in [2.24, 2.45) is 0 Å². The van der Waals surface area contributed by atoms with Crippen molar-refractivity contribution in [2.45, 2.75) is 19.5 Å². The molecule has 0 aliphatic rings. The highest BCUT2D eigenvalue weighted by atomic mass is 16.6. The van der Waals surface area contributed by atoms with Crippen LogP contribution in [0.5, 0.6) is 0 Å².